The minimum Gasteiger partial charge on any atom is -0.470 e. The third-order valence-corrected chi connectivity index (χ3v) is 5.78. The van der Waals surface area contributed by atoms with Gasteiger partial charge in [-0.25, -0.2) is 18.4 Å². The van der Waals surface area contributed by atoms with Gasteiger partial charge in [0.2, 0.25) is 5.82 Å². The highest BCUT2D eigenvalue weighted by atomic mass is 32.2. The van der Waals surface area contributed by atoms with Crippen molar-refractivity contribution in [3.63, 3.8) is 0 Å². The zero-order valence-electron chi connectivity index (χ0n) is 18.5. The van der Waals surface area contributed by atoms with E-state index in [0.29, 0.717) is 6.61 Å². The number of aromatic nitrogens is 3. The molecule has 0 saturated carbocycles. The number of hydrogen-bond acceptors (Lipinski definition) is 8. The average molecular weight is 472 g/mol. The summed E-state index contributed by atoms with van der Waals surface area (Å²) in [5.74, 6) is -0.770. The highest BCUT2D eigenvalue weighted by Gasteiger charge is 2.21. The van der Waals surface area contributed by atoms with Crippen LogP contribution in [0.15, 0.2) is 59.9 Å². The SMILES string of the molecule is COCC(C)NC(=O)c1cnc(NS(=O)(=O)c2ccc(C)cc2)c(OCc2cccnc2)n1. The number of nitrogens with zero attached hydrogens (tertiary/aromatic N) is 3. The van der Waals surface area contributed by atoms with Crippen LogP contribution in [0, 0.1) is 6.92 Å². The van der Waals surface area contributed by atoms with Gasteiger partial charge in [0.15, 0.2) is 5.69 Å². The molecule has 33 heavy (non-hydrogen) atoms. The first kappa shape index (κ1) is 24.1. The summed E-state index contributed by atoms with van der Waals surface area (Å²) in [7, 11) is -2.43. The number of nitrogens with one attached hydrogen (secondary N) is 2. The van der Waals surface area contributed by atoms with E-state index >= 15 is 0 Å². The zero-order chi connectivity index (χ0) is 23.8. The van der Waals surface area contributed by atoms with Gasteiger partial charge < -0.3 is 14.8 Å². The Morgan fingerprint density at radius 1 is 1.15 bits per heavy atom. The molecule has 0 aliphatic carbocycles. The lowest BCUT2D eigenvalue weighted by atomic mass is 10.2. The highest BCUT2D eigenvalue weighted by molar-refractivity contribution is 7.92. The monoisotopic (exact) mass is 471 g/mol. The molecule has 1 aromatic carbocycles. The predicted molar refractivity (Wildman–Crippen MR) is 121 cm³/mol. The van der Waals surface area contributed by atoms with E-state index in [1.807, 2.05) is 6.92 Å². The van der Waals surface area contributed by atoms with Crippen LogP contribution in [-0.4, -0.2) is 49.0 Å². The van der Waals surface area contributed by atoms with Crippen molar-refractivity contribution in [1.29, 1.82) is 0 Å². The second-order valence-electron chi connectivity index (χ2n) is 7.31. The third-order valence-electron chi connectivity index (χ3n) is 4.43. The van der Waals surface area contributed by atoms with Crippen molar-refractivity contribution in [2.75, 3.05) is 18.4 Å². The van der Waals surface area contributed by atoms with E-state index in [1.54, 1.807) is 43.6 Å². The number of ether oxygens (including phenoxy) is 2. The second kappa shape index (κ2) is 10.8. The van der Waals surface area contributed by atoms with Crippen LogP contribution in [0.1, 0.15) is 28.5 Å². The fourth-order valence-corrected chi connectivity index (χ4v) is 3.79. The lowest BCUT2D eigenvalue weighted by molar-refractivity contribution is 0.0899. The molecule has 1 atom stereocenters. The Bertz CT molecular complexity index is 1190. The van der Waals surface area contributed by atoms with Gasteiger partial charge in [0.05, 0.1) is 17.7 Å². The number of carbonyl (C=O) groups excluding carboxylic acids is 1. The van der Waals surface area contributed by atoms with E-state index in [2.05, 4.69) is 25.0 Å². The maximum atomic E-state index is 12.8. The third kappa shape index (κ3) is 6.70. The van der Waals surface area contributed by atoms with Gasteiger partial charge in [-0.2, -0.15) is 0 Å². The molecule has 0 saturated heterocycles. The van der Waals surface area contributed by atoms with Crippen LogP contribution < -0.4 is 14.8 Å². The first-order valence-corrected chi connectivity index (χ1v) is 11.5. The Labute approximate surface area is 192 Å². The molecule has 2 N–H and O–H groups in total. The van der Waals surface area contributed by atoms with Gasteiger partial charge in [-0.15, -0.1) is 0 Å². The number of rotatable bonds is 10. The number of anilines is 1. The maximum absolute atomic E-state index is 12.8. The maximum Gasteiger partial charge on any atom is 0.271 e. The molecular weight excluding hydrogens is 446 g/mol. The number of sulfonamides is 1. The van der Waals surface area contributed by atoms with Crippen LogP contribution in [0.4, 0.5) is 5.82 Å². The van der Waals surface area contributed by atoms with E-state index in [1.165, 1.54) is 25.4 Å². The lowest BCUT2D eigenvalue weighted by Crippen LogP contribution is -2.36. The van der Waals surface area contributed by atoms with Crippen molar-refractivity contribution in [1.82, 2.24) is 20.3 Å². The molecule has 2 aromatic heterocycles. The summed E-state index contributed by atoms with van der Waals surface area (Å²) in [6.07, 6.45) is 4.40. The largest absolute Gasteiger partial charge is 0.470 e. The van der Waals surface area contributed by atoms with E-state index in [4.69, 9.17) is 9.47 Å². The van der Waals surface area contributed by atoms with Gasteiger partial charge >= 0.3 is 0 Å². The predicted octanol–water partition coefficient (Wildman–Crippen LogP) is 2.32. The molecule has 3 aromatic rings. The zero-order valence-corrected chi connectivity index (χ0v) is 19.3. The first-order valence-electron chi connectivity index (χ1n) is 10.1. The number of pyridine rings is 1. The standard InChI is InChI=1S/C22H25N5O5S/c1-15-6-8-18(9-7-15)33(29,30)27-20-22(32-14-17-5-4-10-23-11-17)26-19(12-24-20)21(28)25-16(2)13-31-3/h4-12,16H,13-14H2,1-3H3,(H,24,27)(H,25,28). The van der Waals surface area contributed by atoms with Crippen molar-refractivity contribution < 1.29 is 22.7 Å². The van der Waals surface area contributed by atoms with Crippen molar-refractivity contribution in [2.45, 2.75) is 31.4 Å². The number of hydrogen-bond donors (Lipinski definition) is 2. The summed E-state index contributed by atoms with van der Waals surface area (Å²) < 4.78 is 38.8. The van der Waals surface area contributed by atoms with Crippen LogP contribution in [-0.2, 0) is 21.4 Å². The number of carbonyl (C=O) groups is 1. The Morgan fingerprint density at radius 3 is 2.58 bits per heavy atom. The first-order chi connectivity index (χ1) is 15.8. The second-order valence-corrected chi connectivity index (χ2v) is 8.99. The lowest BCUT2D eigenvalue weighted by Gasteiger charge is -2.15. The van der Waals surface area contributed by atoms with Crippen LogP contribution in [0.2, 0.25) is 0 Å². The topological polar surface area (TPSA) is 132 Å². The fourth-order valence-electron chi connectivity index (χ4n) is 2.78. The molecule has 0 spiro atoms. The van der Waals surface area contributed by atoms with Crippen LogP contribution in [0.3, 0.4) is 0 Å². The Morgan fingerprint density at radius 2 is 1.91 bits per heavy atom. The summed E-state index contributed by atoms with van der Waals surface area (Å²) in [6, 6.07) is 9.62. The molecule has 1 unspecified atom stereocenters. The molecule has 0 aliphatic heterocycles. The Balaban J connectivity index is 1.88. The number of methoxy groups -OCH3 is 1. The van der Waals surface area contributed by atoms with Gasteiger partial charge in [-0.3, -0.25) is 14.5 Å². The summed E-state index contributed by atoms with van der Waals surface area (Å²) in [5, 5.41) is 2.73. The minimum atomic E-state index is -3.96. The molecule has 11 heteroatoms. The van der Waals surface area contributed by atoms with Crippen molar-refractivity contribution in [3.05, 3.63) is 71.8 Å². The highest BCUT2D eigenvalue weighted by Crippen LogP contribution is 2.24. The smallest absolute Gasteiger partial charge is 0.271 e. The molecule has 0 fully saturated rings. The fraction of sp³-hybridized carbons (Fsp3) is 0.273. The van der Waals surface area contributed by atoms with E-state index in [9.17, 15) is 13.2 Å². The molecule has 2 heterocycles. The Hall–Kier alpha value is -3.57. The van der Waals surface area contributed by atoms with Crippen LogP contribution in [0.25, 0.3) is 0 Å². The van der Waals surface area contributed by atoms with Gasteiger partial charge in [0, 0.05) is 31.1 Å². The van der Waals surface area contributed by atoms with Gasteiger partial charge in [0.25, 0.3) is 21.8 Å². The number of benzene rings is 1. The van der Waals surface area contributed by atoms with Crippen LogP contribution >= 0.6 is 0 Å². The molecule has 0 radical (unpaired) electrons. The van der Waals surface area contributed by atoms with E-state index < -0.39 is 15.9 Å². The molecule has 174 valence electrons. The van der Waals surface area contributed by atoms with Gasteiger partial charge in [-0.05, 0) is 32.0 Å². The average Bonchev–Trinajstić information content (AvgIpc) is 2.79. The Kier molecular flexibility index (Phi) is 7.91. The minimum absolute atomic E-state index is 0.0302. The summed E-state index contributed by atoms with van der Waals surface area (Å²) in [5.41, 5.74) is 1.62. The molecule has 3 rings (SSSR count). The molecule has 0 bridgehead atoms. The van der Waals surface area contributed by atoms with Crippen LogP contribution in [0.5, 0.6) is 5.88 Å². The number of aryl methyl sites for hydroxylation is 1. The molecular formula is C22H25N5O5S. The van der Waals surface area contributed by atoms with Crippen molar-refractivity contribution in [3.8, 4) is 5.88 Å². The van der Waals surface area contributed by atoms with Gasteiger partial charge in [0.1, 0.15) is 6.61 Å². The quantitative estimate of drug-likeness (QED) is 0.460. The van der Waals surface area contributed by atoms with Crippen molar-refractivity contribution in [2.24, 2.45) is 0 Å². The summed E-state index contributed by atoms with van der Waals surface area (Å²) >= 11 is 0. The van der Waals surface area contributed by atoms with Crippen molar-refractivity contribution >= 4 is 21.7 Å². The normalized spacial score (nSPS) is 12.1. The van der Waals surface area contributed by atoms with Gasteiger partial charge in [-0.1, -0.05) is 23.8 Å². The summed E-state index contributed by atoms with van der Waals surface area (Å²) in [6.45, 7) is 4.00. The van der Waals surface area contributed by atoms with E-state index in [0.717, 1.165) is 11.1 Å². The van der Waals surface area contributed by atoms with E-state index in [-0.39, 0.29) is 34.9 Å². The molecule has 10 nitrogen and oxygen atoms in total. The summed E-state index contributed by atoms with van der Waals surface area (Å²) in [4.78, 5) is 24.9. The molecule has 1 amide bonds. The molecule has 0 aliphatic rings. The number of amides is 1.